The number of rotatable bonds is 4. The largest absolute Gasteiger partial charge is 0.459 e. The molecule has 0 fully saturated rings. The van der Waals surface area contributed by atoms with Gasteiger partial charge in [-0.15, -0.1) is 0 Å². The number of furan rings is 1. The molecule has 0 bridgehead atoms. The number of carbonyl (C=O) groups excluding carboxylic acids is 2. The Balaban J connectivity index is 1.70. The molecule has 2 N–H and O–H groups in total. The van der Waals surface area contributed by atoms with Crippen LogP contribution in [0.1, 0.15) is 22.5 Å². The van der Waals surface area contributed by atoms with Gasteiger partial charge in [-0.2, -0.15) is 11.3 Å². The van der Waals surface area contributed by atoms with Crippen LogP contribution in [0.3, 0.4) is 0 Å². The molecule has 0 radical (unpaired) electrons. The van der Waals surface area contributed by atoms with E-state index in [-0.39, 0.29) is 11.7 Å². The summed E-state index contributed by atoms with van der Waals surface area (Å²) in [6, 6.07) is 5.10. The van der Waals surface area contributed by atoms with Gasteiger partial charge in [0.2, 0.25) is 5.91 Å². The molecule has 0 unspecified atom stereocenters. The monoisotopic (exact) mass is 264 g/mol. The minimum Gasteiger partial charge on any atom is -0.459 e. The molecule has 0 atom stereocenters. The van der Waals surface area contributed by atoms with Crippen LogP contribution in [0.15, 0.2) is 39.6 Å². The number of nitrogens with one attached hydrogen (secondary N) is 2. The normalized spacial score (nSPS) is 10.0. The zero-order valence-corrected chi connectivity index (χ0v) is 10.3. The first-order chi connectivity index (χ1) is 8.75. The third-order valence-corrected chi connectivity index (χ3v) is 3.01. The first-order valence-corrected chi connectivity index (χ1v) is 6.34. The summed E-state index contributed by atoms with van der Waals surface area (Å²) in [7, 11) is 0. The van der Waals surface area contributed by atoms with E-state index in [4.69, 9.17) is 4.42 Å². The van der Waals surface area contributed by atoms with Crippen molar-refractivity contribution in [1.29, 1.82) is 0 Å². The van der Waals surface area contributed by atoms with Gasteiger partial charge in [-0.25, -0.2) is 0 Å². The summed E-state index contributed by atoms with van der Waals surface area (Å²) >= 11 is 1.59. The van der Waals surface area contributed by atoms with Crippen molar-refractivity contribution in [2.24, 2.45) is 0 Å². The molecule has 2 aromatic heterocycles. The Morgan fingerprint density at radius 1 is 1.28 bits per heavy atom. The van der Waals surface area contributed by atoms with Crippen LogP contribution in [0, 0.1) is 0 Å². The van der Waals surface area contributed by atoms with Crippen LogP contribution in [0.4, 0.5) is 0 Å². The molecule has 2 amide bonds. The van der Waals surface area contributed by atoms with Crippen LogP contribution in [-0.4, -0.2) is 11.8 Å². The topological polar surface area (TPSA) is 71.3 Å². The molecule has 0 saturated heterocycles. The lowest BCUT2D eigenvalue weighted by Gasteiger charge is -2.05. The van der Waals surface area contributed by atoms with E-state index in [2.05, 4.69) is 10.9 Å². The van der Waals surface area contributed by atoms with E-state index < -0.39 is 5.91 Å². The van der Waals surface area contributed by atoms with Crippen molar-refractivity contribution in [3.05, 3.63) is 46.5 Å². The lowest BCUT2D eigenvalue weighted by atomic mass is 10.2. The van der Waals surface area contributed by atoms with Crippen molar-refractivity contribution in [1.82, 2.24) is 10.9 Å². The molecular weight excluding hydrogens is 252 g/mol. The predicted molar refractivity (Wildman–Crippen MR) is 67.0 cm³/mol. The highest BCUT2D eigenvalue weighted by atomic mass is 32.1. The van der Waals surface area contributed by atoms with Gasteiger partial charge >= 0.3 is 5.91 Å². The maximum Gasteiger partial charge on any atom is 0.305 e. The number of carbonyl (C=O) groups is 2. The summed E-state index contributed by atoms with van der Waals surface area (Å²) in [6.45, 7) is 0. The molecule has 0 spiro atoms. The smallest absolute Gasteiger partial charge is 0.305 e. The zero-order valence-electron chi connectivity index (χ0n) is 9.51. The van der Waals surface area contributed by atoms with E-state index in [9.17, 15) is 9.59 Å². The number of amides is 2. The highest BCUT2D eigenvalue weighted by Gasteiger charge is 2.09. The van der Waals surface area contributed by atoms with Crippen molar-refractivity contribution in [3.8, 4) is 0 Å². The number of aryl methyl sites for hydroxylation is 1. The molecule has 0 aromatic carbocycles. The highest BCUT2D eigenvalue weighted by molar-refractivity contribution is 7.07. The highest BCUT2D eigenvalue weighted by Crippen LogP contribution is 2.07. The van der Waals surface area contributed by atoms with Gasteiger partial charge < -0.3 is 4.42 Å². The molecule has 2 rings (SSSR count). The first kappa shape index (κ1) is 12.4. The molecule has 0 aliphatic carbocycles. The Morgan fingerprint density at radius 3 is 2.83 bits per heavy atom. The summed E-state index contributed by atoms with van der Waals surface area (Å²) in [5.74, 6) is -0.543. The molecule has 2 aromatic rings. The van der Waals surface area contributed by atoms with Crippen LogP contribution in [0.25, 0.3) is 0 Å². The minimum absolute atomic E-state index is 0.160. The third-order valence-electron chi connectivity index (χ3n) is 2.28. The van der Waals surface area contributed by atoms with Gasteiger partial charge in [0.15, 0.2) is 5.76 Å². The predicted octanol–water partition coefficient (Wildman–Crippen LogP) is 1.73. The van der Waals surface area contributed by atoms with Crippen molar-refractivity contribution in [3.63, 3.8) is 0 Å². The fourth-order valence-electron chi connectivity index (χ4n) is 1.35. The van der Waals surface area contributed by atoms with E-state index >= 15 is 0 Å². The minimum atomic E-state index is -0.469. The Labute approximate surface area is 108 Å². The van der Waals surface area contributed by atoms with Gasteiger partial charge in [0.25, 0.3) is 0 Å². The molecule has 6 heteroatoms. The fraction of sp³-hybridized carbons (Fsp3) is 0.167. The molecule has 2 heterocycles. The Kier molecular flexibility index (Phi) is 4.14. The Bertz CT molecular complexity index is 505. The lowest BCUT2D eigenvalue weighted by molar-refractivity contribution is -0.121. The van der Waals surface area contributed by atoms with Crippen LogP contribution in [0.5, 0.6) is 0 Å². The van der Waals surface area contributed by atoms with E-state index in [1.807, 2.05) is 16.8 Å². The number of hydrogen-bond donors (Lipinski definition) is 2. The Hall–Kier alpha value is -2.08. The maximum absolute atomic E-state index is 11.5. The summed E-state index contributed by atoms with van der Waals surface area (Å²) in [6.07, 6.45) is 2.38. The standard InChI is InChI=1S/C12H12N2O3S/c15-11(4-3-9-5-7-18-8-9)13-14-12(16)10-2-1-6-17-10/h1-2,5-8H,3-4H2,(H,13,15)(H,14,16). The molecule has 5 nitrogen and oxygen atoms in total. The second-order valence-corrected chi connectivity index (χ2v) is 4.39. The maximum atomic E-state index is 11.5. The van der Waals surface area contributed by atoms with Gasteiger partial charge in [0, 0.05) is 6.42 Å². The summed E-state index contributed by atoms with van der Waals surface area (Å²) in [5.41, 5.74) is 5.74. The second kappa shape index (κ2) is 6.02. The van der Waals surface area contributed by atoms with Crippen LogP contribution in [-0.2, 0) is 11.2 Å². The quantitative estimate of drug-likeness (QED) is 0.826. The second-order valence-electron chi connectivity index (χ2n) is 3.61. The van der Waals surface area contributed by atoms with Gasteiger partial charge in [0.1, 0.15) is 0 Å². The molecular formula is C12H12N2O3S. The van der Waals surface area contributed by atoms with E-state index in [0.717, 1.165) is 5.56 Å². The van der Waals surface area contributed by atoms with Gasteiger partial charge in [-0.3, -0.25) is 20.4 Å². The summed E-state index contributed by atoms with van der Waals surface area (Å²) in [5, 5.41) is 3.96. The zero-order chi connectivity index (χ0) is 12.8. The SMILES string of the molecule is O=C(CCc1ccsc1)NNC(=O)c1ccco1. The average Bonchev–Trinajstić information content (AvgIpc) is 3.05. The summed E-state index contributed by atoms with van der Waals surface area (Å²) in [4.78, 5) is 22.9. The number of thiophene rings is 1. The first-order valence-electron chi connectivity index (χ1n) is 5.39. The average molecular weight is 264 g/mol. The van der Waals surface area contributed by atoms with Crippen molar-refractivity contribution in [2.45, 2.75) is 12.8 Å². The van der Waals surface area contributed by atoms with Crippen LogP contribution < -0.4 is 10.9 Å². The van der Waals surface area contributed by atoms with Crippen molar-refractivity contribution in [2.75, 3.05) is 0 Å². The number of hydrazine groups is 1. The van der Waals surface area contributed by atoms with Crippen LogP contribution >= 0.6 is 11.3 Å². The summed E-state index contributed by atoms with van der Waals surface area (Å²) < 4.78 is 4.88. The fourth-order valence-corrected chi connectivity index (χ4v) is 2.05. The van der Waals surface area contributed by atoms with Crippen LogP contribution in [0.2, 0.25) is 0 Å². The van der Waals surface area contributed by atoms with Gasteiger partial charge in [-0.1, -0.05) is 0 Å². The van der Waals surface area contributed by atoms with E-state index in [1.54, 1.807) is 17.4 Å². The van der Waals surface area contributed by atoms with E-state index in [1.165, 1.54) is 12.3 Å². The van der Waals surface area contributed by atoms with Crippen molar-refractivity contribution >= 4 is 23.2 Å². The Morgan fingerprint density at radius 2 is 2.17 bits per heavy atom. The van der Waals surface area contributed by atoms with Crippen molar-refractivity contribution < 1.29 is 14.0 Å². The molecule has 94 valence electrons. The molecule has 18 heavy (non-hydrogen) atoms. The molecule has 0 aliphatic rings. The third kappa shape index (κ3) is 3.46. The van der Waals surface area contributed by atoms with E-state index in [0.29, 0.717) is 12.8 Å². The molecule has 0 saturated carbocycles. The van der Waals surface area contributed by atoms with Gasteiger partial charge in [0.05, 0.1) is 6.26 Å². The van der Waals surface area contributed by atoms with Gasteiger partial charge in [-0.05, 0) is 40.9 Å². The molecule has 0 aliphatic heterocycles. The number of hydrogen-bond acceptors (Lipinski definition) is 4. The lowest BCUT2D eigenvalue weighted by Crippen LogP contribution is -2.41.